The van der Waals surface area contributed by atoms with Crippen molar-refractivity contribution >= 4 is 11.8 Å². The third-order valence-corrected chi connectivity index (χ3v) is 3.21. The van der Waals surface area contributed by atoms with E-state index in [1.807, 2.05) is 13.0 Å². The summed E-state index contributed by atoms with van der Waals surface area (Å²) < 4.78 is 0. The Labute approximate surface area is 145 Å². The van der Waals surface area contributed by atoms with Crippen molar-refractivity contribution in [2.24, 2.45) is 17.4 Å². The minimum Gasteiger partial charge on any atom is -0.329 e. The monoisotopic (exact) mass is 342 g/mol. The quantitative estimate of drug-likeness (QED) is 0.141. The minimum absolute atomic E-state index is 0.166. The van der Waals surface area contributed by atoms with Crippen LogP contribution in [0.5, 0.6) is 0 Å². The minimum atomic E-state index is -0.220. The van der Waals surface area contributed by atoms with Gasteiger partial charge < -0.3 is 27.4 Å². The molecule has 8 N–H and O–H groups in total. The number of allylic oxidation sites excluding steroid dienone is 1. The first kappa shape index (κ1) is 22.7. The standard InChI is InChI=1S/C8H23N5.C8H11NO2/c9-1-3-11-5-7-13-8-6-12-4-2-10;1-2-3-4-6-5-7(10)9-8(6)11/h11-13H,1-10H2;3-4,6H,2,5H2,1H3,(H,9,10,11). The lowest BCUT2D eigenvalue weighted by Gasteiger charge is -2.06. The Kier molecular flexibility index (Phi) is 15.6. The van der Waals surface area contributed by atoms with Gasteiger partial charge in [-0.05, 0) is 6.42 Å². The van der Waals surface area contributed by atoms with Crippen molar-refractivity contribution in [3.63, 3.8) is 0 Å². The van der Waals surface area contributed by atoms with Gasteiger partial charge in [0.15, 0.2) is 0 Å². The van der Waals surface area contributed by atoms with Crippen molar-refractivity contribution in [1.82, 2.24) is 21.3 Å². The van der Waals surface area contributed by atoms with E-state index in [2.05, 4.69) is 21.3 Å². The average molecular weight is 342 g/mol. The summed E-state index contributed by atoms with van der Waals surface area (Å²) in [6.45, 7) is 9.14. The number of carbonyl (C=O) groups is 2. The smallest absolute Gasteiger partial charge is 0.233 e. The molecule has 24 heavy (non-hydrogen) atoms. The van der Waals surface area contributed by atoms with Gasteiger partial charge in [0.2, 0.25) is 11.8 Å². The van der Waals surface area contributed by atoms with Gasteiger partial charge in [0, 0.05) is 58.8 Å². The highest BCUT2D eigenvalue weighted by Crippen LogP contribution is 2.11. The van der Waals surface area contributed by atoms with Gasteiger partial charge in [-0.3, -0.25) is 14.9 Å². The van der Waals surface area contributed by atoms with E-state index in [9.17, 15) is 9.59 Å². The maximum Gasteiger partial charge on any atom is 0.233 e. The van der Waals surface area contributed by atoms with Gasteiger partial charge in [-0.25, -0.2) is 0 Å². The van der Waals surface area contributed by atoms with E-state index in [-0.39, 0.29) is 17.7 Å². The van der Waals surface area contributed by atoms with Gasteiger partial charge in [-0.2, -0.15) is 0 Å². The van der Waals surface area contributed by atoms with Gasteiger partial charge in [-0.15, -0.1) is 0 Å². The SMILES string of the molecule is CCC=CC1CC(=O)NC1=O.NCCNCCNCCNCCN. The van der Waals surface area contributed by atoms with Crippen LogP contribution < -0.4 is 32.7 Å². The van der Waals surface area contributed by atoms with Crippen LogP contribution in [-0.4, -0.2) is 64.2 Å². The molecular weight excluding hydrogens is 308 g/mol. The van der Waals surface area contributed by atoms with Crippen molar-refractivity contribution in [1.29, 1.82) is 0 Å². The predicted octanol–water partition coefficient (Wildman–Crippen LogP) is -1.71. The van der Waals surface area contributed by atoms with Crippen LogP contribution in [0.15, 0.2) is 12.2 Å². The van der Waals surface area contributed by atoms with Crippen LogP contribution in [0.1, 0.15) is 19.8 Å². The third kappa shape index (κ3) is 13.1. The van der Waals surface area contributed by atoms with Crippen LogP contribution in [0, 0.1) is 5.92 Å². The zero-order valence-corrected chi connectivity index (χ0v) is 14.8. The lowest BCUT2D eigenvalue weighted by molar-refractivity contribution is -0.125. The molecule has 1 rings (SSSR count). The Hall–Kier alpha value is -1.32. The fourth-order valence-electron chi connectivity index (χ4n) is 1.96. The molecule has 0 spiro atoms. The van der Waals surface area contributed by atoms with Crippen molar-refractivity contribution < 1.29 is 9.59 Å². The summed E-state index contributed by atoms with van der Waals surface area (Å²) in [7, 11) is 0. The van der Waals surface area contributed by atoms with Gasteiger partial charge in [-0.1, -0.05) is 19.1 Å². The van der Waals surface area contributed by atoms with Crippen LogP contribution in [0.25, 0.3) is 0 Å². The fraction of sp³-hybridized carbons (Fsp3) is 0.750. The number of rotatable bonds is 12. The Bertz CT molecular complexity index is 352. The Morgan fingerprint density at radius 3 is 1.88 bits per heavy atom. The lowest BCUT2D eigenvalue weighted by Crippen LogP contribution is -2.35. The highest BCUT2D eigenvalue weighted by Gasteiger charge is 2.27. The van der Waals surface area contributed by atoms with Gasteiger partial charge in [0.05, 0.1) is 5.92 Å². The van der Waals surface area contributed by atoms with E-state index in [0.29, 0.717) is 19.5 Å². The number of nitrogens with one attached hydrogen (secondary N) is 4. The van der Waals surface area contributed by atoms with Gasteiger partial charge in [0.25, 0.3) is 0 Å². The Balaban J connectivity index is 0.000000446. The summed E-state index contributed by atoms with van der Waals surface area (Å²) in [4.78, 5) is 21.6. The summed E-state index contributed by atoms with van der Waals surface area (Å²) in [5, 5.41) is 12.0. The van der Waals surface area contributed by atoms with Crippen molar-refractivity contribution in [2.75, 3.05) is 52.4 Å². The van der Waals surface area contributed by atoms with Gasteiger partial charge >= 0.3 is 0 Å². The number of carbonyl (C=O) groups excluding carboxylic acids is 2. The number of hydrogen-bond acceptors (Lipinski definition) is 7. The second-order valence-electron chi connectivity index (χ2n) is 5.39. The van der Waals surface area contributed by atoms with Crippen molar-refractivity contribution in [3.8, 4) is 0 Å². The third-order valence-electron chi connectivity index (χ3n) is 3.21. The molecule has 1 unspecified atom stereocenters. The van der Waals surface area contributed by atoms with E-state index in [1.54, 1.807) is 6.08 Å². The van der Waals surface area contributed by atoms with Crippen LogP contribution in [0.3, 0.4) is 0 Å². The molecule has 1 fully saturated rings. The van der Waals surface area contributed by atoms with E-state index in [0.717, 1.165) is 45.7 Å². The zero-order chi connectivity index (χ0) is 18.0. The summed E-state index contributed by atoms with van der Waals surface area (Å²) in [5.74, 6) is -0.553. The summed E-state index contributed by atoms with van der Waals surface area (Å²) in [6, 6.07) is 0. The largest absolute Gasteiger partial charge is 0.329 e. The van der Waals surface area contributed by atoms with Crippen molar-refractivity contribution in [3.05, 3.63) is 12.2 Å². The molecular formula is C16H34N6O2. The highest BCUT2D eigenvalue weighted by atomic mass is 16.2. The maximum atomic E-state index is 10.9. The number of nitrogens with two attached hydrogens (primary N) is 2. The number of hydrogen-bond donors (Lipinski definition) is 6. The number of amides is 2. The molecule has 0 aliphatic carbocycles. The molecule has 1 heterocycles. The molecule has 1 saturated heterocycles. The van der Waals surface area contributed by atoms with Crippen molar-refractivity contribution in [2.45, 2.75) is 19.8 Å². The normalized spacial score (nSPS) is 17.0. The van der Waals surface area contributed by atoms with Crippen LogP contribution in [0.2, 0.25) is 0 Å². The Morgan fingerprint density at radius 2 is 1.50 bits per heavy atom. The second-order valence-corrected chi connectivity index (χ2v) is 5.39. The average Bonchev–Trinajstić information content (AvgIpc) is 2.89. The molecule has 1 aliphatic heterocycles. The molecule has 0 radical (unpaired) electrons. The van der Waals surface area contributed by atoms with E-state index >= 15 is 0 Å². The first-order chi connectivity index (χ1) is 11.7. The predicted molar refractivity (Wildman–Crippen MR) is 97.4 cm³/mol. The first-order valence-electron chi connectivity index (χ1n) is 8.68. The zero-order valence-electron chi connectivity index (χ0n) is 14.8. The molecule has 8 heteroatoms. The van der Waals surface area contributed by atoms with E-state index in [4.69, 9.17) is 11.5 Å². The van der Waals surface area contributed by atoms with Crippen LogP contribution in [0.4, 0.5) is 0 Å². The lowest BCUT2D eigenvalue weighted by atomic mass is 10.1. The van der Waals surface area contributed by atoms with Gasteiger partial charge in [0.1, 0.15) is 0 Å². The topological polar surface area (TPSA) is 134 Å². The molecule has 1 atom stereocenters. The Morgan fingerprint density at radius 1 is 1.00 bits per heavy atom. The second kappa shape index (κ2) is 16.5. The first-order valence-corrected chi connectivity index (χ1v) is 8.68. The number of imide groups is 1. The summed E-state index contributed by atoms with van der Waals surface area (Å²) in [6.07, 6.45) is 4.91. The van der Waals surface area contributed by atoms with E-state index < -0.39 is 0 Å². The molecule has 0 aromatic heterocycles. The van der Waals surface area contributed by atoms with E-state index in [1.165, 1.54) is 0 Å². The molecule has 0 saturated carbocycles. The highest BCUT2D eigenvalue weighted by molar-refractivity contribution is 6.04. The molecule has 0 aromatic rings. The summed E-state index contributed by atoms with van der Waals surface area (Å²) >= 11 is 0. The van der Waals surface area contributed by atoms with Crippen LogP contribution in [-0.2, 0) is 9.59 Å². The molecule has 140 valence electrons. The molecule has 8 nitrogen and oxygen atoms in total. The molecule has 0 bridgehead atoms. The van der Waals surface area contributed by atoms with Crippen LogP contribution >= 0.6 is 0 Å². The fourth-order valence-corrected chi connectivity index (χ4v) is 1.96. The maximum absolute atomic E-state index is 10.9. The summed E-state index contributed by atoms with van der Waals surface area (Å²) in [5.41, 5.74) is 10.6. The molecule has 1 aliphatic rings. The molecule has 0 aromatic carbocycles. The molecule has 2 amide bonds.